The van der Waals surface area contributed by atoms with Crippen LogP contribution in [-0.4, -0.2) is 0 Å². The Balaban J connectivity index is 0.000000160. The summed E-state index contributed by atoms with van der Waals surface area (Å²) in [6.07, 6.45) is 19.4. The zero-order valence-electron chi connectivity index (χ0n) is 16.0. The molecule has 130 valence electrons. The molecule has 22 heavy (non-hydrogen) atoms. The predicted molar refractivity (Wildman–Crippen MR) is 99.1 cm³/mol. The highest BCUT2D eigenvalue weighted by atomic mass is 14.4. The van der Waals surface area contributed by atoms with Crippen LogP contribution in [0.3, 0.4) is 0 Å². The first-order chi connectivity index (χ1) is 10.6. The molecule has 3 aliphatic carbocycles. The Hall–Kier alpha value is 0. The van der Waals surface area contributed by atoms with Crippen LogP contribution >= 0.6 is 0 Å². The highest BCUT2D eigenvalue weighted by Crippen LogP contribution is 2.44. The van der Waals surface area contributed by atoms with Crippen LogP contribution < -0.4 is 0 Å². The van der Waals surface area contributed by atoms with Crippen molar-refractivity contribution < 1.29 is 0 Å². The minimum Gasteiger partial charge on any atom is -0.0649 e. The van der Waals surface area contributed by atoms with Gasteiger partial charge in [0.1, 0.15) is 0 Å². The van der Waals surface area contributed by atoms with Gasteiger partial charge in [0.15, 0.2) is 0 Å². The lowest BCUT2D eigenvalue weighted by Crippen LogP contribution is -2.29. The lowest BCUT2D eigenvalue weighted by Gasteiger charge is -2.39. The molecule has 0 aliphatic heterocycles. The molecule has 0 aromatic carbocycles. The molecule has 0 aromatic rings. The number of rotatable bonds is 2. The van der Waals surface area contributed by atoms with Gasteiger partial charge < -0.3 is 0 Å². The van der Waals surface area contributed by atoms with Crippen molar-refractivity contribution in [1.82, 2.24) is 0 Å². The molecule has 3 unspecified atom stereocenters. The number of fused-ring (bicyclic) bond motifs is 1. The van der Waals surface area contributed by atoms with E-state index in [1.165, 1.54) is 64.2 Å². The van der Waals surface area contributed by atoms with Crippen LogP contribution in [-0.2, 0) is 0 Å². The summed E-state index contributed by atoms with van der Waals surface area (Å²) in [5, 5.41) is 0. The molecule has 3 aliphatic rings. The summed E-state index contributed by atoms with van der Waals surface area (Å²) in [5.41, 5.74) is 0.743. The van der Waals surface area contributed by atoms with Crippen molar-refractivity contribution in [1.29, 1.82) is 0 Å². The first-order valence-corrected chi connectivity index (χ1v) is 10.6. The van der Waals surface area contributed by atoms with E-state index in [-0.39, 0.29) is 0 Å². The Morgan fingerprint density at radius 3 is 1.91 bits per heavy atom. The van der Waals surface area contributed by atoms with E-state index in [1.54, 1.807) is 19.3 Å². The molecule has 0 heteroatoms. The topological polar surface area (TPSA) is 0 Å². The molecule has 0 heterocycles. The maximum Gasteiger partial charge on any atom is -0.0302 e. The third-order valence-corrected chi connectivity index (χ3v) is 7.77. The van der Waals surface area contributed by atoms with Gasteiger partial charge in [-0.05, 0) is 48.3 Å². The maximum absolute atomic E-state index is 2.47. The molecular weight excluding hydrogens is 264 g/mol. The smallest absolute Gasteiger partial charge is 0.0302 e. The Labute approximate surface area is 140 Å². The Morgan fingerprint density at radius 2 is 1.32 bits per heavy atom. The van der Waals surface area contributed by atoms with Gasteiger partial charge in [-0.15, -0.1) is 0 Å². The van der Waals surface area contributed by atoms with Crippen molar-refractivity contribution >= 4 is 0 Å². The molecule has 0 N–H and O–H groups in total. The molecule has 0 amide bonds. The van der Waals surface area contributed by atoms with Crippen LogP contribution in [0.25, 0.3) is 0 Å². The van der Waals surface area contributed by atoms with E-state index in [9.17, 15) is 0 Å². The second kappa shape index (κ2) is 8.74. The van der Waals surface area contributed by atoms with Gasteiger partial charge in [-0.3, -0.25) is 0 Å². The molecule has 3 atom stereocenters. The molecule has 0 spiro atoms. The maximum atomic E-state index is 2.47. The lowest BCUT2D eigenvalue weighted by atomic mass is 9.66. The van der Waals surface area contributed by atoms with E-state index in [4.69, 9.17) is 0 Å². The molecule has 0 bridgehead atoms. The second-order valence-electron chi connectivity index (χ2n) is 9.01. The van der Waals surface area contributed by atoms with Gasteiger partial charge >= 0.3 is 0 Å². The van der Waals surface area contributed by atoms with Crippen molar-refractivity contribution in [2.45, 2.75) is 111 Å². The van der Waals surface area contributed by atoms with Crippen LogP contribution in [0.4, 0.5) is 0 Å². The summed E-state index contributed by atoms with van der Waals surface area (Å²) in [4.78, 5) is 0. The van der Waals surface area contributed by atoms with Crippen LogP contribution in [0, 0.1) is 29.1 Å². The van der Waals surface area contributed by atoms with E-state index < -0.39 is 0 Å². The summed E-state index contributed by atoms with van der Waals surface area (Å²) >= 11 is 0. The first kappa shape index (κ1) is 18.3. The van der Waals surface area contributed by atoms with Gasteiger partial charge in [-0.1, -0.05) is 91.9 Å². The number of hydrogen-bond acceptors (Lipinski definition) is 0. The summed E-state index contributed by atoms with van der Waals surface area (Å²) in [6.45, 7) is 9.59. The van der Waals surface area contributed by atoms with Crippen LogP contribution in [0.2, 0.25) is 0 Å². The van der Waals surface area contributed by atoms with Gasteiger partial charge in [0.2, 0.25) is 0 Å². The number of hydrogen-bond donors (Lipinski definition) is 0. The Morgan fingerprint density at radius 1 is 0.727 bits per heavy atom. The minimum atomic E-state index is 0.743. The highest BCUT2D eigenvalue weighted by molar-refractivity contribution is 4.83. The van der Waals surface area contributed by atoms with E-state index in [2.05, 4.69) is 27.7 Å². The summed E-state index contributed by atoms with van der Waals surface area (Å²) in [5.74, 6) is 4.31. The lowest BCUT2D eigenvalue weighted by molar-refractivity contribution is 0.114. The molecular formula is C22H42. The fourth-order valence-electron chi connectivity index (χ4n) is 5.59. The molecule has 0 radical (unpaired) electrons. The molecule has 0 saturated heterocycles. The van der Waals surface area contributed by atoms with Crippen LogP contribution in [0.5, 0.6) is 0 Å². The third-order valence-electron chi connectivity index (χ3n) is 7.77. The molecule has 3 fully saturated rings. The van der Waals surface area contributed by atoms with Crippen LogP contribution in [0.15, 0.2) is 0 Å². The van der Waals surface area contributed by atoms with Crippen molar-refractivity contribution in [3.8, 4) is 0 Å². The van der Waals surface area contributed by atoms with Gasteiger partial charge in [0, 0.05) is 0 Å². The molecule has 3 rings (SSSR count). The predicted octanol–water partition coefficient (Wildman–Crippen LogP) is 7.62. The molecule has 3 saturated carbocycles. The standard InChI is InChI=1S/C11H20.C11H22/c1-9-5-4-7-10-6-2-3-8-11(9)10;1-4-11(5-2)8-6-10(3)7-9-11/h9-11H,2-8H2,1H3;10H,4-9H2,1-3H3. The Kier molecular flexibility index (Phi) is 7.29. The van der Waals surface area contributed by atoms with E-state index in [1.807, 2.05) is 0 Å². The molecule has 0 nitrogen and oxygen atoms in total. The minimum absolute atomic E-state index is 0.743. The zero-order valence-corrected chi connectivity index (χ0v) is 16.0. The van der Waals surface area contributed by atoms with E-state index >= 15 is 0 Å². The van der Waals surface area contributed by atoms with Gasteiger partial charge in [-0.25, -0.2) is 0 Å². The molecule has 0 aromatic heterocycles. The van der Waals surface area contributed by atoms with Crippen molar-refractivity contribution in [2.75, 3.05) is 0 Å². The fourth-order valence-corrected chi connectivity index (χ4v) is 5.59. The van der Waals surface area contributed by atoms with Gasteiger partial charge in [0.25, 0.3) is 0 Å². The average Bonchev–Trinajstić information content (AvgIpc) is 2.57. The SMILES string of the molecule is CC1CCCC2CCCCC12.CCC1(CC)CCC(C)CC1. The highest BCUT2D eigenvalue weighted by Gasteiger charge is 2.32. The Bertz CT molecular complexity index is 289. The monoisotopic (exact) mass is 306 g/mol. The summed E-state index contributed by atoms with van der Waals surface area (Å²) in [7, 11) is 0. The van der Waals surface area contributed by atoms with E-state index in [0.29, 0.717) is 0 Å². The largest absolute Gasteiger partial charge is 0.0649 e. The van der Waals surface area contributed by atoms with Crippen molar-refractivity contribution in [3.05, 3.63) is 0 Å². The second-order valence-corrected chi connectivity index (χ2v) is 9.01. The summed E-state index contributed by atoms with van der Waals surface area (Å²) < 4.78 is 0. The fraction of sp³-hybridized carbons (Fsp3) is 1.00. The van der Waals surface area contributed by atoms with E-state index in [0.717, 1.165) is 29.1 Å². The third kappa shape index (κ3) is 4.75. The normalized spacial score (nSPS) is 35.2. The van der Waals surface area contributed by atoms with Gasteiger partial charge in [0.05, 0.1) is 0 Å². The average molecular weight is 307 g/mol. The quantitative estimate of drug-likeness (QED) is 0.492. The summed E-state index contributed by atoms with van der Waals surface area (Å²) in [6, 6.07) is 0. The zero-order chi connectivity index (χ0) is 16.0. The van der Waals surface area contributed by atoms with Crippen LogP contribution in [0.1, 0.15) is 111 Å². The van der Waals surface area contributed by atoms with Crippen molar-refractivity contribution in [2.24, 2.45) is 29.1 Å². The van der Waals surface area contributed by atoms with Gasteiger partial charge in [-0.2, -0.15) is 0 Å². The first-order valence-electron chi connectivity index (χ1n) is 10.6. The van der Waals surface area contributed by atoms with Crippen molar-refractivity contribution in [3.63, 3.8) is 0 Å².